The zero-order valence-electron chi connectivity index (χ0n) is 13.0. The van der Waals surface area contributed by atoms with Crippen LogP contribution >= 0.6 is 0 Å². The molecule has 5 heteroatoms. The molecule has 0 saturated carbocycles. The van der Waals surface area contributed by atoms with E-state index in [2.05, 4.69) is 11.7 Å². The predicted molar refractivity (Wildman–Crippen MR) is 77.8 cm³/mol. The van der Waals surface area contributed by atoms with Gasteiger partial charge in [-0.05, 0) is 6.42 Å². The van der Waals surface area contributed by atoms with E-state index >= 15 is 0 Å². The molecule has 0 atom stereocenters. The molecular formula is C15H30O5. The molecule has 0 aromatic heterocycles. The van der Waals surface area contributed by atoms with Crippen molar-refractivity contribution in [2.24, 2.45) is 0 Å². The first-order valence-electron chi connectivity index (χ1n) is 7.61. The molecule has 0 aromatic carbocycles. The van der Waals surface area contributed by atoms with Gasteiger partial charge in [0.25, 0.3) is 0 Å². The van der Waals surface area contributed by atoms with Crippen LogP contribution in [0.5, 0.6) is 0 Å². The molecule has 0 aromatic rings. The molecule has 0 aliphatic heterocycles. The van der Waals surface area contributed by atoms with E-state index in [9.17, 15) is 4.79 Å². The largest absolute Gasteiger partial charge is 0.469 e. The lowest BCUT2D eigenvalue weighted by molar-refractivity contribution is -0.141. The topological polar surface area (TPSA) is 54.0 Å². The fourth-order valence-corrected chi connectivity index (χ4v) is 1.61. The number of ether oxygens (including phenoxy) is 4. The molecule has 5 nitrogen and oxygen atoms in total. The van der Waals surface area contributed by atoms with Crippen LogP contribution in [0.1, 0.15) is 45.4 Å². The number of rotatable bonds is 15. The third-order valence-corrected chi connectivity index (χ3v) is 2.81. The third-order valence-electron chi connectivity index (χ3n) is 2.81. The van der Waals surface area contributed by atoms with Gasteiger partial charge in [-0.15, -0.1) is 0 Å². The van der Waals surface area contributed by atoms with Gasteiger partial charge in [0.2, 0.25) is 0 Å². The van der Waals surface area contributed by atoms with Gasteiger partial charge < -0.3 is 18.9 Å². The summed E-state index contributed by atoms with van der Waals surface area (Å²) in [6.07, 6.45) is 6.58. The summed E-state index contributed by atoms with van der Waals surface area (Å²) in [7, 11) is 1.37. The highest BCUT2D eigenvalue weighted by atomic mass is 16.5. The quantitative estimate of drug-likeness (QED) is 0.343. The number of unbranched alkanes of at least 4 members (excludes halogenated alkanes) is 4. The summed E-state index contributed by atoms with van der Waals surface area (Å²) in [4.78, 5) is 10.8. The van der Waals surface area contributed by atoms with Crippen LogP contribution in [0.2, 0.25) is 0 Å². The summed E-state index contributed by atoms with van der Waals surface area (Å²) in [6.45, 7) is 5.67. The van der Waals surface area contributed by atoms with Gasteiger partial charge in [0.15, 0.2) is 0 Å². The van der Waals surface area contributed by atoms with E-state index in [0.717, 1.165) is 13.0 Å². The Morgan fingerprint density at radius 1 is 0.750 bits per heavy atom. The van der Waals surface area contributed by atoms with E-state index in [1.165, 1.54) is 32.8 Å². The minimum absolute atomic E-state index is 0.252. The van der Waals surface area contributed by atoms with E-state index in [1.54, 1.807) is 0 Å². The summed E-state index contributed by atoms with van der Waals surface area (Å²) >= 11 is 0. The standard InChI is InChI=1S/C15H30O5/c1-3-4-5-6-7-9-18-11-13-20-14-12-19-10-8-15(16)17-2/h3-14H2,1-2H3. The van der Waals surface area contributed by atoms with Crippen LogP contribution in [0.25, 0.3) is 0 Å². The van der Waals surface area contributed by atoms with Crippen molar-refractivity contribution >= 4 is 5.97 Å². The number of carbonyl (C=O) groups excluding carboxylic acids is 1. The molecule has 0 radical (unpaired) electrons. The highest BCUT2D eigenvalue weighted by Gasteiger charge is 1.98. The predicted octanol–water partition coefficient (Wildman–Crippen LogP) is 2.57. The highest BCUT2D eigenvalue weighted by molar-refractivity contribution is 5.69. The van der Waals surface area contributed by atoms with Gasteiger partial charge in [0.1, 0.15) is 0 Å². The lowest BCUT2D eigenvalue weighted by Crippen LogP contribution is -2.12. The van der Waals surface area contributed by atoms with Crippen LogP contribution < -0.4 is 0 Å². The zero-order valence-corrected chi connectivity index (χ0v) is 13.0. The lowest BCUT2D eigenvalue weighted by atomic mass is 10.2. The summed E-state index contributed by atoms with van der Waals surface area (Å²) < 4.78 is 20.5. The number of hydrogen-bond acceptors (Lipinski definition) is 5. The van der Waals surface area contributed by atoms with Crippen molar-refractivity contribution in [3.63, 3.8) is 0 Å². The van der Waals surface area contributed by atoms with Gasteiger partial charge in [0, 0.05) is 6.61 Å². The molecule has 0 rings (SSSR count). The first-order valence-corrected chi connectivity index (χ1v) is 7.61. The SMILES string of the molecule is CCCCCCCOCCOCCOCCC(=O)OC. The molecule has 0 fully saturated rings. The highest BCUT2D eigenvalue weighted by Crippen LogP contribution is 2.02. The van der Waals surface area contributed by atoms with E-state index in [4.69, 9.17) is 14.2 Å². The van der Waals surface area contributed by atoms with E-state index in [1.807, 2.05) is 0 Å². The monoisotopic (exact) mass is 290 g/mol. The van der Waals surface area contributed by atoms with Crippen LogP contribution in [-0.4, -0.2) is 52.7 Å². The molecule has 20 heavy (non-hydrogen) atoms. The van der Waals surface area contributed by atoms with Crippen molar-refractivity contribution < 1.29 is 23.7 Å². The maximum atomic E-state index is 10.8. The Bertz CT molecular complexity index is 208. The number of carbonyl (C=O) groups is 1. The molecule has 0 aliphatic carbocycles. The van der Waals surface area contributed by atoms with Gasteiger partial charge in [-0.2, -0.15) is 0 Å². The molecule has 0 bridgehead atoms. The Hall–Kier alpha value is -0.650. The van der Waals surface area contributed by atoms with Gasteiger partial charge in [-0.1, -0.05) is 32.6 Å². The van der Waals surface area contributed by atoms with Crippen LogP contribution in [0, 0.1) is 0 Å². The minimum Gasteiger partial charge on any atom is -0.469 e. The second-order valence-corrected chi connectivity index (χ2v) is 4.58. The fraction of sp³-hybridized carbons (Fsp3) is 0.933. The average molecular weight is 290 g/mol. The molecule has 0 spiro atoms. The summed E-state index contributed by atoms with van der Waals surface area (Å²) in [6, 6.07) is 0. The van der Waals surface area contributed by atoms with Crippen molar-refractivity contribution in [3.05, 3.63) is 0 Å². The van der Waals surface area contributed by atoms with Crippen molar-refractivity contribution in [1.82, 2.24) is 0 Å². The normalized spacial score (nSPS) is 10.7. The van der Waals surface area contributed by atoms with E-state index in [0.29, 0.717) is 33.0 Å². The van der Waals surface area contributed by atoms with Crippen molar-refractivity contribution in [3.8, 4) is 0 Å². The second-order valence-electron chi connectivity index (χ2n) is 4.58. The summed E-state index contributed by atoms with van der Waals surface area (Å²) in [5.74, 6) is -0.252. The average Bonchev–Trinajstić information content (AvgIpc) is 2.47. The van der Waals surface area contributed by atoms with Crippen LogP contribution in [-0.2, 0) is 23.7 Å². The number of methoxy groups -OCH3 is 1. The number of hydrogen-bond donors (Lipinski definition) is 0. The Labute approximate surface area is 122 Å². The molecular weight excluding hydrogens is 260 g/mol. The van der Waals surface area contributed by atoms with Crippen molar-refractivity contribution in [2.75, 3.05) is 46.8 Å². The fourth-order valence-electron chi connectivity index (χ4n) is 1.61. The van der Waals surface area contributed by atoms with Gasteiger partial charge in [0.05, 0.1) is 46.6 Å². The van der Waals surface area contributed by atoms with Crippen molar-refractivity contribution in [1.29, 1.82) is 0 Å². The van der Waals surface area contributed by atoms with Gasteiger partial charge in [-0.3, -0.25) is 4.79 Å². The smallest absolute Gasteiger partial charge is 0.307 e. The summed E-state index contributed by atoms with van der Waals surface area (Å²) in [5.41, 5.74) is 0. The van der Waals surface area contributed by atoms with E-state index in [-0.39, 0.29) is 12.4 Å². The van der Waals surface area contributed by atoms with Gasteiger partial charge in [-0.25, -0.2) is 0 Å². The Balaban J connectivity index is 2.97. The van der Waals surface area contributed by atoms with E-state index < -0.39 is 0 Å². The molecule has 0 unspecified atom stereocenters. The van der Waals surface area contributed by atoms with Crippen LogP contribution in [0.3, 0.4) is 0 Å². The summed E-state index contributed by atoms with van der Waals surface area (Å²) in [5, 5.41) is 0. The Morgan fingerprint density at radius 3 is 1.90 bits per heavy atom. The maximum absolute atomic E-state index is 10.8. The molecule has 0 aliphatic rings. The van der Waals surface area contributed by atoms with Gasteiger partial charge >= 0.3 is 5.97 Å². The maximum Gasteiger partial charge on any atom is 0.307 e. The molecule has 120 valence electrons. The van der Waals surface area contributed by atoms with Crippen LogP contribution in [0.15, 0.2) is 0 Å². The molecule has 0 N–H and O–H groups in total. The van der Waals surface area contributed by atoms with Crippen molar-refractivity contribution in [2.45, 2.75) is 45.4 Å². The molecule has 0 saturated heterocycles. The third kappa shape index (κ3) is 15.4. The zero-order chi connectivity index (χ0) is 14.9. The first kappa shape index (κ1) is 19.4. The second kappa shape index (κ2) is 16.4. The first-order chi connectivity index (χ1) is 9.81. The Kier molecular flexibility index (Phi) is 15.9. The molecule has 0 heterocycles. The minimum atomic E-state index is -0.252. The number of esters is 1. The lowest BCUT2D eigenvalue weighted by Gasteiger charge is -2.06. The molecule has 0 amide bonds. The van der Waals surface area contributed by atoms with Crippen LogP contribution in [0.4, 0.5) is 0 Å². The Morgan fingerprint density at radius 2 is 1.30 bits per heavy atom.